The van der Waals surface area contributed by atoms with Crippen LogP contribution in [0.25, 0.3) is 11.4 Å². The average molecular weight is 348 g/mol. The number of anilines is 1. The summed E-state index contributed by atoms with van der Waals surface area (Å²) in [5.41, 5.74) is 0.835. The zero-order chi connectivity index (χ0) is 17.5. The molecule has 3 aromatic heterocycles. The monoisotopic (exact) mass is 348 g/mol. The van der Waals surface area contributed by atoms with Crippen LogP contribution in [0.3, 0.4) is 0 Å². The minimum Gasteiger partial charge on any atom is -0.343 e. The molecule has 3 aromatic rings. The Kier molecular flexibility index (Phi) is 3.41. The van der Waals surface area contributed by atoms with Gasteiger partial charge in [0.05, 0.1) is 16.8 Å². The van der Waals surface area contributed by atoms with Crippen LogP contribution in [0.2, 0.25) is 0 Å². The molecule has 3 heterocycles. The molecule has 4 rings (SSSR count). The molecule has 10 heteroatoms. The summed E-state index contributed by atoms with van der Waals surface area (Å²) in [5, 5.41) is 6.53. The molecule has 25 heavy (non-hydrogen) atoms. The van der Waals surface area contributed by atoms with E-state index in [1.165, 1.54) is 12.4 Å². The maximum atomic E-state index is 12.5. The molecule has 0 saturated heterocycles. The fourth-order valence-corrected chi connectivity index (χ4v) is 2.39. The molecule has 0 aliphatic heterocycles. The first-order valence-corrected chi connectivity index (χ1v) is 7.39. The SMILES string of the molecule is FC(F)(F)c1nc(-c2cnc(NC3(c4ccccn4)CC3)nc2)no1. The van der Waals surface area contributed by atoms with Gasteiger partial charge in [-0.1, -0.05) is 11.2 Å². The number of rotatable bonds is 4. The van der Waals surface area contributed by atoms with E-state index in [2.05, 4.69) is 34.9 Å². The van der Waals surface area contributed by atoms with Gasteiger partial charge in [0.1, 0.15) is 0 Å². The van der Waals surface area contributed by atoms with Crippen molar-refractivity contribution < 1.29 is 17.7 Å². The van der Waals surface area contributed by atoms with Crippen molar-refractivity contribution in [3.05, 3.63) is 48.4 Å². The van der Waals surface area contributed by atoms with E-state index in [1.54, 1.807) is 6.20 Å². The smallest absolute Gasteiger partial charge is 0.343 e. The van der Waals surface area contributed by atoms with Gasteiger partial charge in [0.15, 0.2) is 0 Å². The van der Waals surface area contributed by atoms with Crippen LogP contribution in [-0.2, 0) is 11.7 Å². The van der Waals surface area contributed by atoms with Gasteiger partial charge >= 0.3 is 12.1 Å². The highest BCUT2D eigenvalue weighted by atomic mass is 19.4. The van der Waals surface area contributed by atoms with Crippen molar-refractivity contribution in [1.82, 2.24) is 25.1 Å². The van der Waals surface area contributed by atoms with E-state index in [9.17, 15) is 13.2 Å². The van der Waals surface area contributed by atoms with Crippen molar-refractivity contribution in [2.45, 2.75) is 24.6 Å². The molecule has 1 saturated carbocycles. The summed E-state index contributed by atoms with van der Waals surface area (Å²) < 4.78 is 41.7. The number of hydrogen-bond donors (Lipinski definition) is 1. The van der Waals surface area contributed by atoms with Crippen LogP contribution < -0.4 is 5.32 Å². The molecule has 0 atom stereocenters. The first-order valence-electron chi connectivity index (χ1n) is 7.39. The number of aromatic nitrogens is 5. The van der Waals surface area contributed by atoms with Crippen molar-refractivity contribution in [3.63, 3.8) is 0 Å². The fraction of sp³-hybridized carbons (Fsp3) is 0.267. The van der Waals surface area contributed by atoms with Crippen LogP contribution in [-0.4, -0.2) is 25.1 Å². The van der Waals surface area contributed by atoms with Gasteiger partial charge in [-0.3, -0.25) is 4.98 Å². The van der Waals surface area contributed by atoms with Crippen LogP contribution >= 0.6 is 0 Å². The van der Waals surface area contributed by atoms with Crippen molar-refractivity contribution >= 4 is 5.95 Å². The van der Waals surface area contributed by atoms with Gasteiger partial charge in [-0.15, -0.1) is 0 Å². The molecular weight excluding hydrogens is 337 g/mol. The Bertz CT molecular complexity index is 874. The highest BCUT2D eigenvalue weighted by Gasteiger charge is 2.46. The summed E-state index contributed by atoms with van der Waals surface area (Å²) in [7, 11) is 0. The molecular formula is C15H11F3N6O. The van der Waals surface area contributed by atoms with Gasteiger partial charge in [0, 0.05) is 18.6 Å². The quantitative estimate of drug-likeness (QED) is 0.775. The Morgan fingerprint density at radius 1 is 1.08 bits per heavy atom. The molecule has 0 bridgehead atoms. The minimum absolute atomic E-state index is 0.218. The zero-order valence-electron chi connectivity index (χ0n) is 12.7. The maximum absolute atomic E-state index is 12.5. The van der Waals surface area contributed by atoms with Gasteiger partial charge in [-0.05, 0) is 25.0 Å². The van der Waals surface area contributed by atoms with Gasteiger partial charge < -0.3 is 9.84 Å². The summed E-state index contributed by atoms with van der Waals surface area (Å²) in [4.78, 5) is 15.9. The van der Waals surface area contributed by atoms with Crippen molar-refractivity contribution in [3.8, 4) is 11.4 Å². The number of hydrogen-bond acceptors (Lipinski definition) is 7. The Labute approximate surface area is 139 Å². The summed E-state index contributed by atoms with van der Waals surface area (Å²) in [6.07, 6.45) is 1.51. The Hall–Kier alpha value is -3.04. The molecule has 0 radical (unpaired) electrons. The van der Waals surface area contributed by atoms with Gasteiger partial charge in [-0.25, -0.2) is 9.97 Å². The lowest BCUT2D eigenvalue weighted by Crippen LogP contribution is -2.21. The number of nitrogens with one attached hydrogen (secondary N) is 1. The summed E-state index contributed by atoms with van der Waals surface area (Å²) in [5.74, 6) is -1.27. The fourth-order valence-electron chi connectivity index (χ4n) is 2.39. The lowest BCUT2D eigenvalue weighted by molar-refractivity contribution is -0.159. The molecule has 1 fully saturated rings. The first kappa shape index (κ1) is 15.5. The third-order valence-corrected chi connectivity index (χ3v) is 3.83. The molecule has 1 aliphatic rings. The van der Waals surface area contributed by atoms with Crippen LogP contribution in [0.15, 0.2) is 41.3 Å². The maximum Gasteiger partial charge on any atom is 0.471 e. The van der Waals surface area contributed by atoms with E-state index in [0.29, 0.717) is 5.95 Å². The van der Waals surface area contributed by atoms with Gasteiger partial charge in [0.25, 0.3) is 0 Å². The van der Waals surface area contributed by atoms with E-state index < -0.39 is 12.1 Å². The number of alkyl halides is 3. The van der Waals surface area contributed by atoms with Gasteiger partial charge in [0.2, 0.25) is 11.8 Å². The van der Waals surface area contributed by atoms with E-state index in [4.69, 9.17) is 0 Å². The van der Waals surface area contributed by atoms with Crippen molar-refractivity contribution in [1.29, 1.82) is 0 Å². The molecule has 128 valence electrons. The molecule has 1 aliphatic carbocycles. The Morgan fingerprint density at radius 3 is 2.40 bits per heavy atom. The molecule has 7 nitrogen and oxygen atoms in total. The van der Waals surface area contributed by atoms with E-state index >= 15 is 0 Å². The normalized spacial score (nSPS) is 15.8. The van der Waals surface area contributed by atoms with E-state index in [0.717, 1.165) is 18.5 Å². The van der Waals surface area contributed by atoms with E-state index in [1.807, 2.05) is 18.2 Å². The Morgan fingerprint density at radius 2 is 1.84 bits per heavy atom. The zero-order valence-corrected chi connectivity index (χ0v) is 12.7. The number of halogens is 3. The summed E-state index contributed by atoms with van der Waals surface area (Å²) in [6, 6.07) is 5.67. The second-order valence-corrected chi connectivity index (χ2v) is 5.64. The molecule has 0 unspecified atom stereocenters. The van der Waals surface area contributed by atoms with Crippen LogP contribution in [0, 0.1) is 0 Å². The van der Waals surface area contributed by atoms with Crippen LogP contribution in [0.5, 0.6) is 0 Å². The number of pyridine rings is 1. The van der Waals surface area contributed by atoms with E-state index in [-0.39, 0.29) is 16.9 Å². The van der Waals surface area contributed by atoms with Crippen molar-refractivity contribution in [2.24, 2.45) is 0 Å². The lowest BCUT2D eigenvalue weighted by Gasteiger charge is -2.16. The lowest BCUT2D eigenvalue weighted by atomic mass is 10.1. The Balaban J connectivity index is 1.52. The highest BCUT2D eigenvalue weighted by Crippen LogP contribution is 2.46. The summed E-state index contributed by atoms with van der Waals surface area (Å²) >= 11 is 0. The standard InChI is InChI=1S/C15H11F3N6O/c16-15(17,18)12-22-11(24-25-12)9-7-20-13(21-8-9)23-14(4-5-14)10-3-1-2-6-19-10/h1-3,6-8H,4-5H2,(H,20,21,23). The first-order chi connectivity index (χ1) is 12.0. The third kappa shape index (κ3) is 3.02. The molecule has 1 N–H and O–H groups in total. The number of nitrogens with zero attached hydrogens (tertiary/aromatic N) is 5. The largest absolute Gasteiger partial charge is 0.471 e. The van der Waals surface area contributed by atoms with Crippen LogP contribution in [0.4, 0.5) is 19.1 Å². The third-order valence-electron chi connectivity index (χ3n) is 3.83. The van der Waals surface area contributed by atoms with Crippen LogP contribution in [0.1, 0.15) is 24.4 Å². The molecule has 0 amide bonds. The average Bonchev–Trinajstić information content (AvgIpc) is 3.20. The van der Waals surface area contributed by atoms with Gasteiger partial charge in [-0.2, -0.15) is 18.2 Å². The predicted molar refractivity (Wildman–Crippen MR) is 79.1 cm³/mol. The molecule has 0 aromatic carbocycles. The minimum atomic E-state index is -4.69. The highest BCUT2D eigenvalue weighted by molar-refractivity contribution is 5.52. The van der Waals surface area contributed by atoms with Crippen molar-refractivity contribution in [2.75, 3.05) is 5.32 Å². The second kappa shape index (κ2) is 5.50. The topological polar surface area (TPSA) is 89.6 Å². The second-order valence-electron chi connectivity index (χ2n) is 5.64. The predicted octanol–water partition coefficient (Wildman–Crippen LogP) is 3.04. The molecule has 0 spiro atoms. The summed E-state index contributed by atoms with van der Waals surface area (Å²) in [6.45, 7) is 0.